The number of fused-ring (bicyclic) bond motifs is 2. The zero-order valence-corrected chi connectivity index (χ0v) is 26.3. The van der Waals surface area contributed by atoms with Gasteiger partial charge in [0.05, 0.1) is 18.7 Å². The largest absolute Gasteiger partial charge is 0.493 e. The molecule has 1 saturated carbocycles. The van der Waals surface area contributed by atoms with E-state index in [0.717, 1.165) is 52.8 Å². The van der Waals surface area contributed by atoms with Gasteiger partial charge in [0.25, 0.3) is 5.91 Å². The number of carbonyl (C=O) groups is 2. The number of hydrogen-bond donors (Lipinski definition) is 2. The first-order valence-electron chi connectivity index (χ1n) is 16.0. The van der Waals surface area contributed by atoms with Crippen LogP contribution in [0.25, 0.3) is 5.57 Å². The van der Waals surface area contributed by atoms with Crippen molar-refractivity contribution < 1.29 is 23.8 Å². The summed E-state index contributed by atoms with van der Waals surface area (Å²) in [5, 5.41) is 13.6. The SMILES string of the molecule is Cc1ccc(C)c(OCCc2ccc(C3=C(C(=O)N(CCc4ccc(F)cc4)C4CC4)C4CNCC(C3)N4C(=O)O)cc2)c1C. The highest BCUT2D eigenvalue weighted by Gasteiger charge is 2.46. The summed E-state index contributed by atoms with van der Waals surface area (Å²) >= 11 is 0. The Morgan fingerprint density at radius 2 is 1.60 bits per heavy atom. The zero-order chi connectivity index (χ0) is 31.7. The number of aryl methyl sites for hydroxylation is 2. The molecular weight excluding hydrogens is 569 g/mol. The summed E-state index contributed by atoms with van der Waals surface area (Å²) in [7, 11) is 0. The molecule has 3 aliphatic rings. The fourth-order valence-corrected chi connectivity index (χ4v) is 6.81. The van der Waals surface area contributed by atoms with Crippen molar-refractivity contribution in [3.63, 3.8) is 0 Å². The van der Waals surface area contributed by atoms with E-state index in [1.54, 1.807) is 12.1 Å². The molecule has 0 aromatic heterocycles. The van der Waals surface area contributed by atoms with Gasteiger partial charge in [-0.3, -0.25) is 9.69 Å². The Bertz CT molecular complexity index is 1600. The number of piperazine rings is 1. The van der Waals surface area contributed by atoms with Gasteiger partial charge >= 0.3 is 6.09 Å². The Balaban J connectivity index is 1.26. The Morgan fingerprint density at radius 3 is 2.29 bits per heavy atom. The monoisotopic (exact) mass is 611 g/mol. The number of nitrogens with zero attached hydrogens (tertiary/aromatic N) is 2. The van der Waals surface area contributed by atoms with Crippen LogP contribution >= 0.6 is 0 Å². The average Bonchev–Trinajstić information content (AvgIpc) is 3.87. The van der Waals surface area contributed by atoms with Gasteiger partial charge in [0.1, 0.15) is 11.6 Å². The van der Waals surface area contributed by atoms with E-state index in [9.17, 15) is 19.1 Å². The molecule has 2 atom stereocenters. The summed E-state index contributed by atoms with van der Waals surface area (Å²) in [6.07, 6.45) is 2.71. The van der Waals surface area contributed by atoms with Crippen molar-refractivity contribution in [2.75, 3.05) is 26.2 Å². The molecule has 1 aliphatic carbocycles. The van der Waals surface area contributed by atoms with Crippen molar-refractivity contribution in [3.8, 4) is 5.75 Å². The van der Waals surface area contributed by atoms with Gasteiger partial charge in [-0.2, -0.15) is 0 Å². The average molecular weight is 612 g/mol. The maximum Gasteiger partial charge on any atom is 0.408 e. The van der Waals surface area contributed by atoms with Crippen LogP contribution in [0.1, 0.15) is 52.6 Å². The molecule has 7 nitrogen and oxygen atoms in total. The van der Waals surface area contributed by atoms with E-state index in [0.29, 0.717) is 44.7 Å². The van der Waals surface area contributed by atoms with Crippen LogP contribution in [0.3, 0.4) is 0 Å². The van der Waals surface area contributed by atoms with Crippen LogP contribution in [-0.4, -0.2) is 71.3 Å². The summed E-state index contributed by atoms with van der Waals surface area (Å²) in [6, 6.07) is 18.3. The number of benzene rings is 3. The van der Waals surface area contributed by atoms with Crippen molar-refractivity contribution in [1.29, 1.82) is 0 Å². The van der Waals surface area contributed by atoms with Gasteiger partial charge in [-0.1, -0.05) is 48.5 Å². The second kappa shape index (κ2) is 13.1. The molecule has 2 unspecified atom stereocenters. The number of carboxylic acid groups (broad SMARTS) is 1. The van der Waals surface area contributed by atoms with Crippen LogP contribution in [0.2, 0.25) is 0 Å². The number of amides is 2. The highest BCUT2D eigenvalue weighted by atomic mass is 19.1. The van der Waals surface area contributed by atoms with Gasteiger partial charge in [-0.05, 0) is 97.5 Å². The van der Waals surface area contributed by atoms with E-state index < -0.39 is 12.1 Å². The van der Waals surface area contributed by atoms with Gasteiger partial charge < -0.3 is 20.1 Å². The fourth-order valence-electron chi connectivity index (χ4n) is 6.81. The van der Waals surface area contributed by atoms with Gasteiger partial charge in [0.15, 0.2) is 0 Å². The molecule has 2 amide bonds. The highest BCUT2D eigenvalue weighted by molar-refractivity contribution is 6.04. The smallest absolute Gasteiger partial charge is 0.408 e. The second-order valence-corrected chi connectivity index (χ2v) is 12.7. The quantitative estimate of drug-likeness (QED) is 0.290. The Kier molecular flexibility index (Phi) is 8.95. The van der Waals surface area contributed by atoms with E-state index in [4.69, 9.17) is 4.74 Å². The van der Waals surface area contributed by atoms with Crippen molar-refractivity contribution >= 4 is 17.6 Å². The van der Waals surface area contributed by atoms with Crippen LogP contribution in [0, 0.1) is 26.6 Å². The molecule has 2 bridgehead atoms. The normalized spacial score (nSPS) is 19.4. The van der Waals surface area contributed by atoms with Crippen LogP contribution in [0.4, 0.5) is 9.18 Å². The number of rotatable bonds is 10. The topological polar surface area (TPSA) is 82.1 Å². The lowest BCUT2D eigenvalue weighted by atomic mass is 9.81. The fraction of sp³-hybridized carbons (Fsp3) is 0.405. The molecule has 8 heteroatoms. The third-order valence-corrected chi connectivity index (χ3v) is 9.61. The zero-order valence-electron chi connectivity index (χ0n) is 26.3. The molecule has 3 aromatic carbocycles. The molecule has 0 spiro atoms. The predicted molar refractivity (Wildman–Crippen MR) is 173 cm³/mol. The van der Waals surface area contributed by atoms with E-state index in [2.05, 4.69) is 62.5 Å². The van der Waals surface area contributed by atoms with Gasteiger partial charge in [-0.15, -0.1) is 0 Å². The Labute approximate surface area is 264 Å². The van der Waals surface area contributed by atoms with Crippen LogP contribution in [-0.2, 0) is 17.6 Å². The minimum atomic E-state index is -0.991. The molecule has 2 heterocycles. The molecule has 3 aromatic rings. The molecule has 45 heavy (non-hydrogen) atoms. The highest BCUT2D eigenvalue weighted by Crippen LogP contribution is 2.39. The molecular formula is C37H42FN3O4. The molecule has 236 valence electrons. The lowest BCUT2D eigenvalue weighted by molar-refractivity contribution is -0.128. The predicted octanol–water partition coefficient (Wildman–Crippen LogP) is 6.08. The number of hydrogen-bond acceptors (Lipinski definition) is 4. The van der Waals surface area contributed by atoms with Crippen LogP contribution < -0.4 is 10.1 Å². The van der Waals surface area contributed by atoms with Crippen molar-refractivity contribution in [1.82, 2.24) is 15.1 Å². The minimum absolute atomic E-state index is 0.0885. The lowest BCUT2D eigenvalue weighted by Gasteiger charge is -2.47. The summed E-state index contributed by atoms with van der Waals surface area (Å²) in [5.41, 5.74) is 8.09. The lowest BCUT2D eigenvalue weighted by Crippen LogP contribution is -2.63. The molecule has 6 rings (SSSR count). The molecule has 2 N–H and O–H groups in total. The summed E-state index contributed by atoms with van der Waals surface area (Å²) in [6.45, 7) is 8.26. The number of carbonyl (C=O) groups excluding carboxylic acids is 1. The maximum absolute atomic E-state index is 14.5. The first-order valence-corrected chi connectivity index (χ1v) is 16.0. The van der Waals surface area contributed by atoms with E-state index in [-0.39, 0.29) is 23.8 Å². The standard InChI is InChI=1S/C37H42FN3O4/c1-23-4-5-24(2)35(25(23)3)45-19-17-27-6-10-28(11-7-27)32-20-31-21-39-22-33(41(31)37(43)44)34(32)36(42)40(30-14-15-30)18-16-26-8-12-29(38)13-9-26/h4-13,30-31,33,39H,14-22H2,1-3H3,(H,43,44). The molecule has 2 fully saturated rings. The van der Waals surface area contributed by atoms with E-state index in [1.807, 2.05) is 4.90 Å². The molecule has 2 aliphatic heterocycles. The first kappa shape index (κ1) is 30.8. The first-order chi connectivity index (χ1) is 21.7. The second-order valence-electron chi connectivity index (χ2n) is 12.7. The van der Waals surface area contributed by atoms with Crippen molar-refractivity contribution in [2.45, 2.75) is 71.0 Å². The van der Waals surface area contributed by atoms with Crippen molar-refractivity contribution in [3.05, 3.63) is 105 Å². The number of ether oxygens (including phenoxy) is 1. The third-order valence-electron chi connectivity index (χ3n) is 9.61. The van der Waals surface area contributed by atoms with Gasteiger partial charge in [-0.25, -0.2) is 9.18 Å². The molecule has 1 saturated heterocycles. The molecule has 0 radical (unpaired) electrons. The maximum atomic E-state index is 14.5. The van der Waals surface area contributed by atoms with E-state index >= 15 is 0 Å². The van der Waals surface area contributed by atoms with E-state index in [1.165, 1.54) is 28.2 Å². The van der Waals surface area contributed by atoms with Crippen LogP contribution in [0.5, 0.6) is 5.75 Å². The van der Waals surface area contributed by atoms with Gasteiger partial charge in [0, 0.05) is 37.7 Å². The van der Waals surface area contributed by atoms with Crippen molar-refractivity contribution in [2.24, 2.45) is 0 Å². The van der Waals surface area contributed by atoms with Gasteiger partial charge in [0.2, 0.25) is 0 Å². The summed E-state index contributed by atoms with van der Waals surface area (Å²) in [4.78, 5) is 30.3. The Hall–Kier alpha value is -4.17. The Morgan fingerprint density at radius 1 is 0.933 bits per heavy atom. The summed E-state index contributed by atoms with van der Waals surface area (Å²) in [5.74, 6) is 0.577. The summed E-state index contributed by atoms with van der Waals surface area (Å²) < 4.78 is 19.7. The minimum Gasteiger partial charge on any atom is -0.493 e. The number of halogens is 1. The van der Waals surface area contributed by atoms with Crippen LogP contribution in [0.15, 0.2) is 66.2 Å². The number of nitrogens with one attached hydrogen (secondary N) is 1. The third kappa shape index (κ3) is 6.61.